The van der Waals surface area contributed by atoms with Crippen molar-refractivity contribution in [3.8, 4) is 11.5 Å². The molecule has 3 rings (SSSR count). The van der Waals surface area contributed by atoms with Gasteiger partial charge in [-0.1, -0.05) is 66.7 Å². The molecule has 4 nitrogen and oxygen atoms in total. The van der Waals surface area contributed by atoms with E-state index in [4.69, 9.17) is 14.6 Å². The lowest BCUT2D eigenvalue weighted by atomic mass is 10.1. The van der Waals surface area contributed by atoms with Crippen molar-refractivity contribution in [2.75, 3.05) is 19.8 Å². The predicted molar refractivity (Wildman–Crippen MR) is 121 cm³/mol. The van der Waals surface area contributed by atoms with E-state index in [1.54, 1.807) is 0 Å². The summed E-state index contributed by atoms with van der Waals surface area (Å²) in [5.41, 5.74) is 3.59. The van der Waals surface area contributed by atoms with Gasteiger partial charge >= 0.3 is 0 Å². The average molecular weight is 406 g/mol. The monoisotopic (exact) mass is 405 g/mol. The largest absolute Gasteiger partial charge is 0.490 e. The molecule has 0 radical (unpaired) electrons. The Morgan fingerprint density at radius 2 is 1.43 bits per heavy atom. The van der Waals surface area contributed by atoms with Crippen LogP contribution in [-0.2, 0) is 19.6 Å². The van der Waals surface area contributed by atoms with Crippen molar-refractivity contribution in [1.29, 1.82) is 0 Å². The van der Waals surface area contributed by atoms with Crippen molar-refractivity contribution in [3.63, 3.8) is 0 Å². The van der Waals surface area contributed by atoms with Crippen molar-refractivity contribution >= 4 is 0 Å². The first-order valence-electron chi connectivity index (χ1n) is 10.6. The summed E-state index contributed by atoms with van der Waals surface area (Å²) in [4.78, 5) is 0. The number of nitrogens with one attached hydrogen (secondary N) is 1. The highest BCUT2D eigenvalue weighted by molar-refractivity contribution is 5.43. The molecule has 0 bridgehead atoms. The summed E-state index contributed by atoms with van der Waals surface area (Å²) in [6, 6.07) is 26.7. The topological polar surface area (TPSA) is 50.7 Å². The smallest absolute Gasteiger partial charge is 0.161 e. The summed E-state index contributed by atoms with van der Waals surface area (Å²) in [5.74, 6) is 1.53. The molecule has 0 aliphatic carbocycles. The van der Waals surface area contributed by atoms with E-state index in [9.17, 15) is 0 Å². The van der Waals surface area contributed by atoms with Crippen LogP contribution in [0.2, 0.25) is 0 Å². The molecular weight excluding hydrogens is 374 g/mol. The Balaban J connectivity index is 1.55. The molecule has 0 unspecified atom stereocenters. The number of aliphatic hydroxyl groups excluding tert-OH is 1. The summed E-state index contributed by atoms with van der Waals surface area (Å²) in [7, 11) is 0. The Labute approximate surface area is 179 Å². The third kappa shape index (κ3) is 7.54. The zero-order valence-corrected chi connectivity index (χ0v) is 17.4. The van der Waals surface area contributed by atoms with E-state index >= 15 is 0 Å². The highest BCUT2D eigenvalue weighted by Gasteiger charge is 2.08. The van der Waals surface area contributed by atoms with Gasteiger partial charge in [0.15, 0.2) is 11.5 Å². The summed E-state index contributed by atoms with van der Waals surface area (Å²) >= 11 is 0. The lowest BCUT2D eigenvalue weighted by Gasteiger charge is -2.15. The molecular formula is C26H31NO3. The summed E-state index contributed by atoms with van der Waals surface area (Å²) in [6.45, 7) is 2.55. The molecule has 2 N–H and O–H groups in total. The molecule has 30 heavy (non-hydrogen) atoms. The van der Waals surface area contributed by atoms with Crippen molar-refractivity contribution < 1.29 is 14.6 Å². The minimum absolute atomic E-state index is 0.128. The molecule has 0 saturated carbocycles. The van der Waals surface area contributed by atoms with Crippen LogP contribution in [0.5, 0.6) is 11.5 Å². The van der Waals surface area contributed by atoms with Gasteiger partial charge in [0.05, 0.1) is 13.2 Å². The second kappa shape index (κ2) is 12.7. The van der Waals surface area contributed by atoms with E-state index in [0.717, 1.165) is 41.9 Å². The van der Waals surface area contributed by atoms with Crippen LogP contribution in [0.3, 0.4) is 0 Å². The van der Waals surface area contributed by atoms with E-state index in [-0.39, 0.29) is 6.61 Å². The molecule has 0 fully saturated rings. The molecule has 0 amide bonds. The van der Waals surface area contributed by atoms with E-state index in [1.807, 2.05) is 42.5 Å². The quantitative estimate of drug-likeness (QED) is 0.403. The maximum absolute atomic E-state index is 8.96. The first-order valence-corrected chi connectivity index (χ1v) is 10.6. The van der Waals surface area contributed by atoms with E-state index < -0.39 is 0 Å². The number of ether oxygens (including phenoxy) is 2. The molecule has 158 valence electrons. The number of benzene rings is 3. The number of hydrogen-bond donors (Lipinski definition) is 2. The highest BCUT2D eigenvalue weighted by atomic mass is 16.5. The Bertz CT molecular complexity index is 853. The van der Waals surface area contributed by atoms with Gasteiger partial charge in [0, 0.05) is 13.1 Å². The van der Waals surface area contributed by atoms with Gasteiger partial charge in [0.1, 0.15) is 6.61 Å². The molecule has 4 heteroatoms. The predicted octanol–water partition coefficient (Wildman–Crippen LogP) is 4.75. The van der Waals surface area contributed by atoms with Crippen molar-refractivity contribution in [3.05, 3.63) is 95.6 Å². The summed E-state index contributed by atoms with van der Waals surface area (Å²) < 4.78 is 12.2. The normalized spacial score (nSPS) is 10.7. The van der Waals surface area contributed by atoms with Gasteiger partial charge < -0.3 is 19.9 Å². The first-order chi connectivity index (χ1) is 14.8. The van der Waals surface area contributed by atoms with Crippen LogP contribution < -0.4 is 14.8 Å². The molecule has 3 aromatic carbocycles. The number of aliphatic hydroxyl groups is 1. The van der Waals surface area contributed by atoms with E-state index in [0.29, 0.717) is 26.3 Å². The fourth-order valence-electron chi connectivity index (χ4n) is 3.20. The Morgan fingerprint density at radius 3 is 2.17 bits per heavy atom. The molecule has 0 atom stereocenters. The van der Waals surface area contributed by atoms with Crippen LogP contribution >= 0.6 is 0 Å². The lowest BCUT2D eigenvalue weighted by molar-refractivity contribution is 0.257. The van der Waals surface area contributed by atoms with Gasteiger partial charge in [-0.15, -0.1) is 0 Å². The molecule has 0 saturated heterocycles. The molecule has 0 heterocycles. The number of rotatable bonds is 13. The first kappa shape index (κ1) is 21.9. The SMILES string of the molecule is OCCNCc1ccc(OCc2ccccc2)c(OCCCCc2ccccc2)c1. The second-order valence-electron chi connectivity index (χ2n) is 7.25. The molecule has 0 spiro atoms. The van der Waals surface area contributed by atoms with Crippen LogP contribution in [0.4, 0.5) is 0 Å². The number of unbranched alkanes of at least 4 members (excludes halogenated alkanes) is 1. The van der Waals surface area contributed by atoms with E-state index in [2.05, 4.69) is 41.7 Å². The zero-order chi connectivity index (χ0) is 20.9. The average Bonchev–Trinajstić information content (AvgIpc) is 2.80. The van der Waals surface area contributed by atoms with E-state index in [1.165, 1.54) is 5.56 Å². The van der Waals surface area contributed by atoms with Crippen molar-refractivity contribution in [2.24, 2.45) is 0 Å². The third-order valence-electron chi connectivity index (χ3n) is 4.82. The van der Waals surface area contributed by atoms with Gasteiger partial charge in [-0.3, -0.25) is 0 Å². The molecule has 0 aliphatic rings. The molecule has 0 aliphatic heterocycles. The molecule has 3 aromatic rings. The third-order valence-corrected chi connectivity index (χ3v) is 4.82. The van der Waals surface area contributed by atoms with Gasteiger partial charge in [-0.25, -0.2) is 0 Å². The Morgan fingerprint density at radius 1 is 0.700 bits per heavy atom. The van der Waals surface area contributed by atoms with Gasteiger partial charge in [0.25, 0.3) is 0 Å². The maximum Gasteiger partial charge on any atom is 0.161 e. The van der Waals surface area contributed by atoms with Crippen LogP contribution in [0.1, 0.15) is 29.5 Å². The number of hydrogen-bond acceptors (Lipinski definition) is 4. The van der Waals surface area contributed by atoms with Gasteiger partial charge in [-0.05, 0) is 48.1 Å². The van der Waals surface area contributed by atoms with Crippen LogP contribution in [-0.4, -0.2) is 24.9 Å². The highest BCUT2D eigenvalue weighted by Crippen LogP contribution is 2.29. The molecule has 0 aromatic heterocycles. The minimum atomic E-state index is 0.128. The second-order valence-corrected chi connectivity index (χ2v) is 7.25. The van der Waals surface area contributed by atoms with Gasteiger partial charge in [-0.2, -0.15) is 0 Å². The minimum Gasteiger partial charge on any atom is -0.490 e. The van der Waals surface area contributed by atoms with Crippen LogP contribution in [0, 0.1) is 0 Å². The van der Waals surface area contributed by atoms with Crippen molar-refractivity contribution in [1.82, 2.24) is 5.32 Å². The lowest BCUT2D eigenvalue weighted by Crippen LogP contribution is -2.17. The fraction of sp³-hybridized carbons (Fsp3) is 0.308. The summed E-state index contributed by atoms with van der Waals surface area (Å²) in [5, 5.41) is 12.2. The zero-order valence-electron chi connectivity index (χ0n) is 17.4. The Hall–Kier alpha value is -2.82. The summed E-state index contributed by atoms with van der Waals surface area (Å²) in [6.07, 6.45) is 3.13. The van der Waals surface area contributed by atoms with Crippen molar-refractivity contribution in [2.45, 2.75) is 32.4 Å². The van der Waals surface area contributed by atoms with Crippen LogP contribution in [0.15, 0.2) is 78.9 Å². The standard InChI is InChI=1S/C26H31NO3/c28-17-16-27-20-24-14-15-25(30-21-23-12-5-2-6-13-23)26(19-24)29-18-8-7-11-22-9-3-1-4-10-22/h1-6,9-10,12-15,19,27-28H,7-8,11,16-18,20-21H2. The Kier molecular flexibility index (Phi) is 9.25. The fourth-order valence-corrected chi connectivity index (χ4v) is 3.20. The maximum atomic E-state index is 8.96. The van der Waals surface area contributed by atoms with Crippen LogP contribution in [0.25, 0.3) is 0 Å². The van der Waals surface area contributed by atoms with Gasteiger partial charge in [0.2, 0.25) is 0 Å². The number of aryl methyl sites for hydroxylation is 1.